The van der Waals surface area contributed by atoms with Gasteiger partial charge in [0.25, 0.3) is 5.91 Å². The van der Waals surface area contributed by atoms with Crippen LogP contribution in [0.25, 0.3) is 0 Å². The van der Waals surface area contributed by atoms with Gasteiger partial charge in [-0.05, 0) is 49.9 Å². The Hall–Kier alpha value is -1.75. The van der Waals surface area contributed by atoms with Crippen LogP contribution in [0.1, 0.15) is 28.8 Å². The highest BCUT2D eigenvalue weighted by Crippen LogP contribution is 2.31. The number of likely N-dealkylation sites (tertiary alicyclic amines) is 1. The summed E-state index contributed by atoms with van der Waals surface area (Å²) < 4.78 is 10.6. The largest absolute Gasteiger partial charge is 0.493 e. The first-order valence-corrected chi connectivity index (χ1v) is 7.32. The molecule has 0 aromatic heterocycles. The highest BCUT2D eigenvalue weighted by molar-refractivity contribution is 5.96. The Bertz CT molecular complexity index is 508. The van der Waals surface area contributed by atoms with E-state index in [-0.39, 0.29) is 5.91 Å². The second-order valence-corrected chi connectivity index (χ2v) is 5.49. The number of aryl methyl sites for hydroxylation is 1. The van der Waals surface area contributed by atoms with Gasteiger partial charge < -0.3 is 20.1 Å². The fourth-order valence-corrected chi connectivity index (χ4v) is 2.75. The minimum atomic E-state index is 0.0592. The number of nitrogens with two attached hydrogens (primary N) is 1. The quantitative estimate of drug-likeness (QED) is 0.919. The number of hydrogen-bond acceptors (Lipinski definition) is 4. The maximum Gasteiger partial charge on any atom is 0.254 e. The smallest absolute Gasteiger partial charge is 0.254 e. The van der Waals surface area contributed by atoms with Gasteiger partial charge in [0.05, 0.1) is 14.2 Å². The van der Waals surface area contributed by atoms with E-state index in [4.69, 9.17) is 15.2 Å². The maximum absolute atomic E-state index is 12.7. The second-order valence-electron chi connectivity index (χ2n) is 5.49. The number of hydrogen-bond donors (Lipinski definition) is 1. The van der Waals surface area contributed by atoms with E-state index in [9.17, 15) is 4.79 Å². The maximum atomic E-state index is 12.7. The van der Waals surface area contributed by atoms with Gasteiger partial charge >= 0.3 is 0 Å². The molecule has 0 radical (unpaired) electrons. The SMILES string of the molecule is COc1cc(C)c(C(=O)N2CCC(CN)CC2)cc1OC. The van der Waals surface area contributed by atoms with Crippen molar-refractivity contribution in [1.82, 2.24) is 4.90 Å². The van der Waals surface area contributed by atoms with Gasteiger partial charge in [-0.25, -0.2) is 0 Å². The van der Waals surface area contributed by atoms with E-state index >= 15 is 0 Å². The van der Waals surface area contributed by atoms with Crippen LogP contribution in [0, 0.1) is 12.8 Å². The molecular weight excluding hydrogens is 268 g/mol. The Labute approximate surface area is 126 Å². The molecule has 0 aliphatic carbocycles. The molecule has 0 spiro atoms. The number of nitrogens with zero attached hydrogens (tertiary/aromatic N) is 1. The minimum Gasteiger partial charge on any atom is -0.493 e. The van der Waals surface area contributed by atoms with E-state index in [0.29, 0.717) is 29.5 Å². The summed E-state index contributed by atoms with van der Waals surface area (Å²) in [6, 6.07) is 3.62. The molecule has 1 saturated heterocycles. The molecule has 1 amide bonds. The predicted molar refractivity (Wildman–Crippen MR) is 82.0 cm³/mol. The zero-order chi connectivity index (χ0) is 15.4. The Kier molecular flexibility index (Phi) is 5.07. The third-order valence-corrected chi connectivity index (χ3v) is 4.20. The van der Waals surface area contributed by atoms with Crippen LogP contribution < -0.4 is 15.2 Å². The number of piperidine rings is 1. The Morgan fingerprint density at radius 1 is 1.24 bits per heavy atom. The summed E-state index contributed by atoms with van der Waals surface area (Å²) in [6.07, 6.45) is 1.96. The second kappa shape index (κ2) is 6.80. The molecule has 1 aliphatic heterocycles. The highest BCUT2D eigenvalue weighted by atomic mass is 16.5. The lowest BCUT2D eigenvalue weighted by molar-refractivity contribution is 0.0692. The van der Waals surface area contributed by atoms with Crippen molar-refractivity contribution in [2.75, 3.05) is 33.9 Å². The van der Waals surface area contributed by atoms with Gasteiger partial charge in [-0.3, -0.25) is 4.79 Å². The monoisotopic (exact) mass is 292 g/mol. The summed E-state index contributed by atoms with van der Waals surface area (Å²) in [4.78, 5) is 14.6. The molecule has 0 saturated carbocycles. The van der Waals surface area contributed by atoms with Gasteiger partial charge in [-0.2, -0.15) is 0 Å². The van der Waals surface area contributed by atoms with Crippen LogP contribution >= 0.6 is 0 Å². The van der Waals surface area contributed by atoms with Gasteiger partial charge in [0, 0.05) is 18.7 Å². The topological polar surface area (TPSA) is 64.8 Å². The fourth-order valence-electron chi connectivity index (χ4n) is 2.75. The molecule has 0 bridgehead atoms. The summed E-state index contributed by atoms with van der Waals surface area (Å²) in [5, 5.41) is 0. The van der Waals surface area contributed by atoms with E-state index < -0.39 is 0 Å². The number of methoxy groups -OCH3 is 2. The normalized spacial score (nSPS) is 15.9. The Balaban J connectivity index is 2.19. The summed E-state index contributed by atoms with van der Waals surface area (Å²) in [5.41, 5.74) is 7.28. The van der Waals surface area contributed by atoms with E-state index in [0.717, 1.165) is 31.5 Å². The van der Waals surface area contributed by atoms with Gasteiger partial charge in [0.1, 0.15) is 0 Å². The zero-order valence-electron chi connectivity index (χ0n) is 13.0. The van der Waals surface area contributed by atoms with Crippen molar-refractivity contribution < 1.29 is 14.3 Å². The first-order valence-electron chi connectivity index (χ1n) is 7.32. The first kappa shape index (κ1) is 15.6. The molecule has 5 heteroatoms. The number of benzene rings is 1. The summed E-state index contributed by atoms with van der Waals surface area (Å²) in [5.74, 6) is 1.83. The lowest BCUT2D eigenvalue weighted by atomic mass is 9.96. The van der Waals surface area contributed by atoms with Gasteiger partial charge in [-0.1, -0.05) is 0 Å². The predicted octanol–water partition coefficient (Wildman–Crippen LogP) is 1.82. The van der Waals surface area contributed by atoms with E-state index in [1.165, 1.54) is 0 Å². The lowest BCUT2D eigenvalue weighted by Gasteiger charge is -2.32. The van der Waals surface area contributed by atoms with Crippen LogP contribution in [0.15, 0.2) is 12.1 Å². The molecule has 0 unspecified atom stereocenters. The molecule has 1 fully saturated rings. The fraction of sp³-hybridized carbons (Fsp3) is 0.562. The number of rotatable bonds is 4. The van der Waals surface area contributed by atoms with Crippen LogP contribution in [0.2, 0.25) is 0 Å². The van der Waals surface area contributed by atoms with Crippen molar-refractivity contribution >= 4 is 5.91 Å². The van der Waals surface area contributed by atoms with Gasteiger partial charge in [0.15, 0.2) is 11.5 Å². The van der Waals surface area contributed by atoms with Crippen LogP contribution in [0.4, 0.5) is 0 Å². The number of amides is 1. The molecule has 5 nitrogen and oxygen atoms in total. The Morgan fingerprint density at radius 2 is 1.81 bits per heavy atom. The molecule has 2 N–H and O–H groups in total. The summed E-state index contributed by atoms with van der Waals surface area (Å²) >= 11 is 0. The van der Waals surface area contributed by atoms with Crippen LogP contribution in [-0.4, -0.2) is 44.7 Å². The molecule has 1 aliphatic rings. The lowest BCUT2D eigenvalue weighted by Crippen LogP contribution is -2.40. The minimum absolute atomic E-state index is 0.0592. The molecule has 2 rings (SSSR count). The molecule has 21 heavy (non-hydrogen) atoms. The molecule has 1 heterocycles. The first-order chi connectivity index (χ1) is 10.1. The summed E-state index contributed by atoms with van der Waals surface area (Å²) in [7, 11) is 3.17. The van der Waals surface area contributed by atoms with E-state index in [2.05, 4.69) is 0 Å². The van der Waals surface area contributed by atoms with Crippen LogP contribution in [0.3, 0.4) is 0 Å². The van der Waals surface area contributed by atoms with Crippen molar-refractivity contribution in [2.24, 2.45) is 11.7 Å². The molecule has 1 aromatic rings. The molecular formula is C16H24N2O3. The van der Waals surface area contributed by atoms with Crippen LogP contribution in [-0.2, 0) is 0 Å². The van der Waals surface area contributed by atoms with Crippen molar-refractivity contribution in [3.05, 3.63) is 23.3 Å². The molecule has 0 atom stereocenters. The number of carbonyl (C=O) groups excluding carboxylic acids is 1. The zero-order valence-corrected chi connectivity index (χ0v) is 13.0. The third-order valence-electron chi connectivity index (χ3n) is 4.20. The average molecular weight is 292 g/mol. The van der Waals surface area contributed by atoms with Crippen molar-refractivity contribution in [2.45, 2.75) is 19.8 Å². The average Bonchev–Trinajstić information content (AvgIpc) is 2.54. The molecule has 1 aromatic carbocycles. The highest BCUT2D eigenvalue weighted by Gasteiger charge is 2.24. The van der Waals surface area contributed by atoms with Crippen molar-refractivity contribution in [3.63, 3.8) is 0 Å². The van der Waals surface area contributed by atoms with E-state index in [1.54, 1.807) is 20.3 Å². The third kappa shape index (κ3) is 3.29. The van der Waals surface area contributed by atoms with Gasteiger partial charge in [0.2, 0.25) is 0 Å². The van der Waals surface area contributed by atoms with Crippen molar-refractivity contribution in [1.29, 1.82) is 0 Å². The number of ether oxygens (including phenoxy) is 2. The van der Waals surface area contributed by atoms with E-state index in [1.807, 2.05) is 17.9 Å². The van der Waals surface area contributed by atoms with Crippen molar-refractivity contribution in [3.8, 4) is 11.5 Å². The van der Waals surface area contributed by atoms with Crippen LogP contribution in [0.5, 0.6) is 11.5 Å². The molecule has 116 valence electrons. The summed E-state index contributed by atoms with van der Waals surface area (Å²) in [6.45, 7) is 4.17. The Morgan fingerprint density at radius 3 is 2.33 bits per heavy atom. The standard InChI is InChI=1S/C16H24N2O3/c1-11-8-14(20-2)15(21-3)9-13(11)16(19)18-6-4-12(10-17)5-7-18/h8-9,12H,4-7,10,17H2,1-3H3. The number of carbonyl (C=O) groups is 1. The van der Waals surface area contributed by atoms with Gasteiger partial charge in [-0.15, -0.1) is 0 Å².